The Bertz CT molecular complexity index is 502. The molecule has 104 valence electrons. The van der Waals surface area contributed by atoms with E-state index in [2.05, 4.69) is 0 Å². The molecule has 0 bridgehead atoms. The topological polar surface area (TPSA) is 46.5 Å². The van der Waals surface area contributed by atoms with Crippen LogP contribution in [0.2, 0.25) is 0 Å². The zero-order chi connectivity index (χ0) is 14.3. The monoisotopic (exact) mass is 270 g/mol. The molecule has 0 saturated heterocycles. The minimum absolute atomic E-state index is 0.0394. The minimum atomic E-state index is -3.14. The molecule has 3 nitrogen and oxygen atoms in total. The highest BCUT2D eigenvalue weighted by Gasteiger charge is 2.50. The lowest BCUT2D eigenvalue weighted by atomic mass is 9.63. The molecule has 0 aliphatic heterocycles. The van der Waals surface area contributed by atoms with Crippen molar-refractivity contribution in [3.05, 3.63) is 29.3 Å². The molecule has 1 aromatic rings. The maximum absolute atomic E-state index is 13.8. The first-order valence-electron chi connectivity index (χ1n) is 6.12. The van der Waals surface area contributed by atoms with Crippen LogP contribution in [0.15, 0.2) is 18.2 Å². The van der Waals surface area contributed by atoms with Crippen LogP contribution in [0, 0.1) is 0 Å². The van der Waals surface area contributed by atoms with Crippen LogP contribution in [-0.2, 0) is 16.1 Å². The van der Waals surface area contributed by atoms with E-state index in [1.54, 1.807) is 6.07 Å². The van der Waals surface area contributed by atoms with Gasteiger partial charge in [-0.25, -0.2) is 8.78 Å². The van der Waals surface area contributed by atoms with E-state index in [0.717, 1.165) is 13.3 Å². The number of benzene rings is 1. The Kier molecular flexibility index (Phi) is 3.24. The van der Waals surface area contributed by atoms with Crippen molar-refractivity contribution in [2.75, 3.05) is 7.11 Å². The highest BCUT2D eigenvalue weighted by Crippen LogP contribution is 2.50. The zero-order valence-electron chi connectivity index (χ0n) is 10.9. The van der Waals surface area contributed by atoms with Crippen molar-refractivity contribution in [2.24, 2.45) is 0 Å². The molecule has 0 unspecified atom stereocenters. The van der Waals surface area contributed by atoms with Crippen molar-refractivity contribution in [3.63, 3.8) is 0 Å². The van der Waals surface area contributed by atoms with E-state index in [9.17, 15) is 18.7 Å². The van der Waals surface area contributed by atoms with Crippen LogP contribution < -0.4 is 4.74 Å². The second-order valence-corrected chi connectivity index (χ2v) is 5.01. The number of halogens is 2. The van der Waals surface area contributed by atoms with Crippen LogP contribution in [0.4, 0.5) is 8.78 Å². The number of carboxylic acid groups (broad SMARTS) is 1. The van der Waals surface area contributed by atoms with Crippen molar-refractivity contribution in [1.82, 2.24) is 0 Å². The smallest absolute Gasteiger partial charge is 0.314 e. The highest BCUT2D eigenvalue weighted by atomic mass is 19.3. The zero-order valence-corrected chi connectivity index (χ0v) is 10.9. The minimum Gasteiger partial charge on any atom is -0.496 e. The maximum Gasteiger partial charge on any atom is 0.314 e. The third-order valence-electron chi connectivity index (χ3n) is 3.82. The Labute approximate surface area is 110 Å². The third kappa shape index (κ3) is 2.07. The fraction of sp³-hybridized carbons (Fsp3) is 0.500. The molecule has 1 aliphatic rings. The molecular weight excluding hydrogens is 254 g/mol. The van der Waals surface area contributed by atoms with E-state index in [-0.39, 0.29) is 16.9 Å². The van der Waals surface area contributed by atoms with Gasteiger partial charge in [-0.2, -0.15) is 0 Å². The maximum atomic E-state index is 13.8. The molecule has 1 aromatic carbocycles. The van der Waals surface area contributed by atoms with Crippen LogP contribution in [0.1, 0.15) is 37.3 Å². The van der Waals surface area contributed by atoms with Gasteiger partial charge in [0.15, 0.2) is 0 Å². The van der Waals surface area contributed by atoms with Gasteiger partial charge in [0.25, 0.3) is 5.92 Å². The lowest BCUT2D eigenvalue weighted by molar-refractivity contribution is -0.147. The van der Waals surface area contributed by atoms with Gasteiger partial charge in [-0.15, -0.1) is 0 Å². The largest absolute Gasteiger partial charge is 0.496 e. The molecule has 5 heteroatoms. The van der Waals surface area contributed by atoms with Crippen molar-refractivity contribution in [2.45, 2.75) is 37.5 Å². The number of carbonyl (C=O) groups is 1. The fourth-order valence-corrected chi connectivity index (χ4v) is 2.68. The quantitative estimate of drug-likeness (QED) is 0.913. The fourth-order valence-electron chi connectivity index (χ4n) is 2.68. The Balaban J connectivity index is 2.67. The average molecular weight is 270 g/mol. The van der Waals surface area contributed by atoms with Crippen LogP contribution in [0.3, 0.4) is 0 Å². The second kappa shape index (κ2) is 4.47. The predicted molar refractivity (Wildman–Crippen MR) is 65.7 cm³/mol. The normalized spacial score (nSPS) is 17.7. The Hall–Kier alpha value is -1.65. The SMILES string of the molecule is COc1cccc(C2(C(=O)O)CCC2)c1C(C)(F)F. The number of ether oxygens (including phenoxy) is 1. The molecule has 0 radical (unpaired) electrons. The van der Waals surface area contributed by atoms with Gasteiger partial charge >= 0.3 is 5.97 Å². The number of carboxylic acids is 1. The summed E-state index contributed by atoms with van der Waals surface area (Å²) >= 11 is 0. The van der Waals surface area contributed by atoms with Crippen LogP contribution >= 0.6 is 0 Å². The van der Waals surface area contributed by atoms with Crippen molar-refractivity contribution < 1.29 is 23.4 Å². The van der Waals surface area contributed by atoms with Gasteiger partial charge in [0.1, 0.15) is 5.75 Å². The summed E-state index contributed by atoms with van der Waals surface area (Å²) in [6.45, 7) is 0.766. The van der Waals surface area contributed by atoms with Crippen LogP contribution in [-0.4, -0.2) is 18.2 Å². The van der Waals surface area contributed by atoms with E-state index in [4.69, 9.17) is 4.74 Å². The summed E-state index contributed by atoms with van der Waals surface area (Å²) in [6, 6.07) is 4.47. The molecule has 19 heavy (non-hydrogen) atoms. The van der Waals surface area contributed by atoms with E-state index < -0.39 is 17.3 Å². The number of hydrogen-bond acceptors (Lipinski definition) is 2. The first-order chi connectivity index (χ1) is 8.83. The predicted octanol–water partition coefficient (Wildman–Crippen LogP) is 3.31. The molecule has 1 N–H and O–H groups in total. The number of methoxy groups -OCH3 is 1. The first-order valence-corrected chi connectivity index (χ1v) is 6.12. The first kappa shape index (κ1) is 13.8. The van der Waals surface area contributed by atoms with Gasteiger partial charge in [-0.1, -0.05) is 18.6 Å². The van der Waals surface area contributed by atoms with E-state index in [0.29, 0.717) is 12.8 Å². The van der Waals surface area contributed by atoms with Gasteiger partial charge in [-0.05, 0) is 24.5 Å². The molecule has 0 amide bonds. The Morgan fingerprint density at radius 3 is 2.42 bits per heavy atom. The van der Waals surface area contributed by atoms with Gasteiger partial charge in [0.05, 0.1) is 18.1 Å². The lowest BCUT2D eigenvalue weighted by Gasteiger charge is -2.40. The number of alkyl halides is 2. The Morgan fingerprint density at radius 1 is 1.42 bits per heavy atom. The molecule has 1 fully saturated rings. The molecule has 0 heterocycles. The third-order valence-corrected chi connectivity index (χ3v) is 3.82. The van der Waals surface area contributed by atoms with Gasteiger partial charge in [0, 0.05) is 6.92 Å². The molecule has 0 spiro atoms. The molecule has 1 aliphatic carbocycles. The van der Waals surface area contributed by atoms with Gasteiger partial charge < -0.3 is 9.84 Å². The van der Waals surface area contributed by atoms with Crippen LogP contribution in [0.5, 0.6) is 5.75 Å². The van der Waals surface area contributed by atoms with Crippen molar-refractivity contribution in [3.8, 4) is 5.75 Å². The summed E-state index contributed by atoms with van der Waals surface area (Å²) in [4.78, 5) is 11.5. The second-order valence-electron chi connectivity index (χ2n) is 5.01. The Morgan fingerprint density at radius 2 is 2.05 bits per heavy atom. The molecule has 0 atom stereocenters. The summed E-state index contributed by atoms with van der Waals surface area (Å²) in [6.07, 6.45) is 1.51. The lowest BCUT2D eigenvalue weighted by Crippen LogP contribution is -2.43. The standard InChI is InChI=1S/C14H16F2O3/c1-13(15,16)11-9(5-3-6-10(11)19-2)14(12(17)18)7-4-8-14/h3,5-6H,4,7-8H2,1-2H3,(H,17,18). The summed E-state index contributed by atoms with van der Waals surface area (Å²) in [5, 5.41) is 9.41. The number of rotatable bonds is 4. The molecule has 1 saturated carbocycles. The highest BCUT2D eigenvalue weighted by molar-refractivity contribution is 5.83. The number of aliphatic carboxylic acids is 1. The van der Waals surface area contributed by atoms with Crippen molar-refractivity contribution in [1.29, 1.82) is 0 Å². The average Bonchev–Trinajstić information content (AvgIpc) is 2.25. The molecule has 0 aromatic heterocycles. The molecular formula is C14H16F2O3. The van der Waals surface area contributed by atoms with E-state index in [1.165, 1.54) is 19.2 Å². The van der Waals surface area contributed by atoms with Crippen molar-refractivity contribution >= 4 is 5.97 Å². The van der Waals surface area contributed by atoms with E-state index >= 15 is 0 Å². The molecule has 2 rings (SSSR count). The summed E-state index contributed by atoms with van der Waals surface area (Å²) < 4.78 is 32.7. The van der Waals surface area contributed by atoms with Gasteiger partial charge in [-0.3, -0.25) is 4.79 Å². The number of hydrogen-bond donors (Lipinski definition) is 1. The summed E-state index contributed by atoms with van der Waals surface area (Å²) in [5.41, 5.74) is -1.32. The summed E-state index contributed by atoms with van der Waals surface area (Å²) in [5.74, 6) is -4.14. The van der Waals surface area contributed by atoms with Gasteiger partial charge in [0.2, 0.25) is 0 Å². The van der Waals surface area contributed by atoms with E-state index in [1.807, 2.05) is 0 Å². The summed E-state index contributed by atoms with van der Waals surface area (Å²) in [7, 11) is 1.31. The van der Waals surface area contributed by atoms with Crippen LogP contribution in [0.25, 0.3) is 0 Å².